The van der Waals surface area contributed by atoms with Gasteiger partial charge in [-0.15, -0.1) is 0 Å². The van der Waals surface area contributed by atoms with Gasteiger partial charge in [0.05, 0.1) is 19.1 Å². The van der Waals surface area contributed by atoms with Crippen molar-refractivity contribution in [3.05, 3.63) is 18.3 Å². The number of anilines is 1. The Hall–Kier alpha value is -1.49. The van der Waals surface area contributed by atoms with E-state index in [2.05, 4.69) is 117 Å². The van der Waals surface area contributed by atoms with E-state index in [0.717, 1.165) is 0 Å². The number of ether oxygens (including phenoxy) is 1. The van der Waals surface area contributed by atoms with Crippen molar-refractivity contribution in [2.75, 3.05) is 11.9 Å². The number of hydrogen-bond acceptors (Lipinski definition) is 7. The van der Waals surface area contributed by atoms with E-state index >= 15 is 4.39 Å². The lowest BCUT2D eigenvalue weighted by molar-refractivity contribution is -0.114. The first-order chi connectivity index (χ1) is 19.7. The topological polar surface area (TPSA) is 96.7 Å². The Labute approximate surface area is 267 Å². The number of hydrogen-bond donors (Lipinski definition) is 1. The normalized spacial score (nSPS) is 22.6. The highest BCUT2D eigenvalue weighted by atomic mass is 28.4. The van der Waals surface area contributed by atoms with Gasteiger partial charge in [-0.05, 0) is 54.4 Å². The molecular formula is C31H57FN4O5Si3. The Kier molecular flexibility index (Phi) is 10.3. The van der Waals surface area contributed by atoms with Crippen molar-refractivity contribution in [3.63, 3.8) is 0 Å². The molecular weight excluding hydrogens is 612 g/mol. The summed E-state index contributed by atoms with van der Waals surface area (Å²) in [5, 5.41) is 2.34. The summed E-state index contributed by atoms with van der Waals surface area (Å²) in [7, 11) is -6.88. The SMILES string of the molecule is CC(=O)Nc1ncc2ncn([C@@H]3O[C@H](CO[Si](C)(C)C(C)(C)C)[C@@H](O[Si](C)(C)C(C)(C)C)[C@H]3O[Si](C)(C)C(C)(C)C)c2c1F. The molecule has 1 saturated heterocycles. The second kappa shape index (κ2) is 12.3. The summed E-state index contributed by atoms with van der Waals surface area (Å²) in [6.07, 6.45) is 0.791. The largest absolute Gasteiger partial charge is 0.414 e. The summed E-state index contributed by atoms with van der Waals surface area (Å²) in [5.74, 6) is -1.24. The van der Waals surface area contributed by atoms with E-state index in [4.69, 9.17) is 18.0 Å². The molecule has 0 unspecified atom stereocenters. The molecule has 0 bridgehead atoms. The van der Waals surface area contributed by atoms with Gasteiger partial charge in [-0.1, -0.05) is 62.3 Å². The highest BCUT2D eigenvalue weighted by Crippen LogP contribution is 2.47. The van der Waals surface area contributed by atoms with E-state index in [1.807, 2.05) is 0 Å². The highest BCUT2D eigenvalue weighted by Gasteiger charge is 2.55. The van der Waals surface area contributed by atoms with Crippen LogP contribution < -0.4 is 5.32 Å². The van der Waals surface area contributed by atoms with Crippen molar-refractivity contribution in [1.29, 1.82) is 0 Å². The van der Waals surface area contributed by atoms with E-state index in [0.29, 0.717) is 12.1 Å². The Morgan fingerprint density at radius 1 is 0.886 bits per heavy atom. The fourth-order valence-electron chi connectivity index (χ4n) is 4.31. The molecule has 3 rings (SSSR count). The van der Waals surface area contributed by atoms with Crippen LogP contribution in [0.15, 0.2) is 12.5 Å². The highest BCUT2D eigenvalue weighted by molar-refractivity contribution is 6.75. The zero-order valence-corrected chi connectivity index (χ0v) is 32.9. The molecule has 13 heteroatoms. The molecule has 1 aliphatic rings. The quantitative estimate of drug-likeness (QED) is 0.269. The number of imidazole rings is 1. The van der Waals surface area contributed by atoms with E-state index in [-0.39, 0.29) is 26.4 Å². The minimum atomic E-state index is -2.39. The second-order valence-electron chi connectivity index (χ2n) is 16.8. The van der Waals surface area contributed by atoms with Crippen LogP contribution in [-0.2, 0) is 22.8 Å². The molecule has 2 aromatic heterocycles. The van der Waals surface area contributed by atoms with Crippen LogP contribution in [0, 0.1) is 5.82 Å². The summed E-state index contributed by atoms with van der Waals surface area (Å²) in [4.78, 5) is 20.4. The van der Waals surface area contributed by atoms with Gasteiger partial charge >= 0.3 is 0 Å². The molecule has 9 nitrogen and oxygen atoms in total. The number of nitrogens with zero attached hydrogens (tertiary/aromatic N) is 3. The van der Waals surface area contributed by atoms with Crippen molar-refractivity contribution >= 4 is 47.7 Å². The predicted molar refractivity (Wildman–Crippen MR) is 183 cm³/mol. The van der Waals surface area contributed by atoms with Crippen LogP contribution in [0.25, 0.3) is 11.0 Å². The number of nitrogens with one attached hydrogen (secondary N) is 1. The Bertz CT molecular complexity index is 1340. The van der Waals surface area contributed by atoms with Crippen molar-refractivity contribution in [2.45, 2.75) is 148 Å². The Morgan fingerprint density at radius 3 is 1.86 bits per heavy atom. The van der Waals surface area contributed by atoms with Gasteiger partial charge in [0.25, 0.3) is 0 Å². The van der Waals surface area contributed by atoms with E-state index in [1.165, 1.54) is 13.1 Å². The zero-order valence-electron chi connectivity index (χ0n) is 29.9. The lowest BCUT2D eigenvalue weighted by Gasteiger charge is -2.44. The molecule has 250 valence electrons. The summed E-state index contributed by atoms with van der Waals surface area (Å²) in [6.45, 7) is 34.9. The van der Waals surface area contributed by atoms with Crippen LogP contribution in [0.3, 0.4) is 0 Å². The Morgan fingerprint density at radius 2 is 1.39 bits per heavy atom. The molecule has 1 N–H and O–H groups in total. The van der Waals surface area contributed by atoms with Crippen LogP contribution >= 0.6 is 0 Å². The third-order valence-corrected chi connectivity index (χ3v) is 23.7. The standard InChI is InChI=1S/C31H57FN4O5Si3/c1-20(37)35-27-23(32)24-21(17-33-27)34-19-36(24)28-26(41-44(15,16)31(8,9)10)25(40-43(13,14)30(5,6)7)22(39-28)18-38-42(11,12)29(2,3)4/h17,19,22,25-26,28H,18H2,1-16H3,(H,33,35,37)/t22-,25-,26-,28-/m1/s1. The summed E-state index contributed by atoms with van der Waals surface area (Å²) >= 11 is 0. The van der Waals surface area contributed by atoms with Gasteiger partial charge in [-0.3, -0.25) is 9.36 Å². The van der Waals surface area contributed by atoms with Crippen LogP contribution in [0.1, 0.15) is 75.5 Å². The molecule has 0 aromatic carbocycles. The number of halogens is 1. The number of fused-ring (bicyclic) bond motifs is 1. The number of pyridine rings is 1. The average Bonchev–Trinajstić information content (AvgIpc) is 3.39. The summed E-state index contributed by atoms with van der Waals surface area (Å²) in [5.41, 5.74) is 0.545. The van der Waals surface area contributed by atoms with Crippen LogP contribution in [0.4, 0.5) is 10.2 Å². The molecule has 1 aliphatic heterocycles. The average molecular weight is 669 g/mol. The molecule has 3 heterocycles. The maximum atomic E-state index is 16.0. The van der Waals surface area contributed by atoms with Crippen molar-refractivity contribution in [3.8, 4) is 0 Å². The number of rotatable bonds is 9. The third kappa shape index (κ3) is 7.55. The van der Waals surface area contributed by atoms with Gasteiger partial charge in [-0.2, -0.15) is 0 Å². The number of carbonyl (C=O) groups is 1. The molecule has 2 aromatic rings. The van der Waals surface area contributed by atoms with Crippen LogP contribution in [0.2, 0.25) is 54.4 Å². The minimum absolute atomic E-state index is 0.00855. The molecule has 0 aliphatic carbocycles. The van der Waals surface area contributed by atoms with Crippen LogP contribution in [-0.4, -0.2) is 70.3 Å². The van der Waals surface area contributed by atoms with Gasteiger partial charge in [-0.25, -0.2) is 14.4 Å². The summed E-state index contributed by atoms with van der Waals surface area (Å²) in [6, 6.07) is 0. The lowest BCUT2D eigenvalue weighted by Crippen LogP contribution is -2.54. The van der Waals surface area contributed by atoms with E-state index < -0.39 is 61.2 Å². The van der Waals surface area contributed by atoms with E-state index in [1.54, 1.807) is 10.9 Å². The lowest BCUT2D eigenvalue weighted by atomic mass is 10.1. The molecule has 0 spiro atoms. The Balaban J connectivity index is 2.22. The first kappa shape index (κ1) is 37.0. The first-order valence-corrected chi connectivity index (χ1v) is 24.4. The fraction of sp³-hybridized carbons (Fsp3) is 0.774. The molecule has 1 fully saturated rings. The molecule has 4 atom stereocenters. The molecule has 44 heavy (non-hydrogen) atoms. The molecule has 1 amide bonds. The number of amides is 1. The number of aromatic nitrogens is 3. The maximum Gasteiger partial charge on any atom is 0.222 e. The van der Waals surface area contributed by atoms with E-state index in [9.17, 15) is 4.79 Å². The van der Waals surface area contributed by atoms with Gasteiger partial charge in [0, 0.05) is 6.92 Å². The molecule has 0 saturated carbocycles. The van der Waals surface area contributed by atoms with Gasteiger partial charge in [0.2, 0.25) is 5.91 Å². The first-order valence-electron chi connectivity index (χ1n) is 15.6. The van der Waals surface area contributed by atoms with Gasteiger partial charge in [0.15, 0.2) is 42.8 Å². The van der Waals surface area contributed by atoms with Crippen molar-refractivity contribution in [1.82, 2.24) is 14.5 Å². The van der Waals surface area contributed by atoms with Gasteiger partial charge in [0.1, 0.15) is 29.3 Å². The molecule has 0 radical (unpaired) electrons. The third-order valence-electron chi connectivity index (χ3n) is 10.3. The van der Waals surface area contributed by atoms with Gasteiger partial charge < -0.3 is 23.3 Å². The van der Waals surface area contributed by atoms with Crippen LogP contribution in [0.5, 0.6) is 0 Å². The predicted octanol–water partition coefficient (Wildman–Crippen LogP) is 8.23. The monoisotopic (exact) mass is 668 g/mol. The van der Waals surface area contributed by atoms with Crippen molar-refractivity contribution < 1.29 is 27.2 Å². The zero-order chi connectivity index (χ0) is 33.8. The fourth-order valence-corrected chi connectivity index (χ4v) is 7.93. The van der Waals surface area contributed by atoms with Crippen molar-refractivity contribution in [2.24, 2.45) is 0 Å². The summed E-state index contributed by atoms with van der Waals surface area (Å²) < 4.78 is 45.7. The smallest absolute Gasteiger partial charge is 0.222 e. The number of carbonyl (C=O) groups excluding carboxylic acids is 1. The maximum absolute atomic E-state index is 16.0. The minimum Gasteiger partial charge on any atom is -0.414 e. The second-order valence-corrected chi connectivity index (χ2v) is 31.1.